The normalized spacial score (nSPS) is 9.90. The molecule has 2 N–H and O–H groups in total. The van der Waals surface area contributed by atoms with Crippen molar-refractivity contribution in [2.75, 3.05) is 37.5 Å². The van der Waals surface area contributed by atoms with Crippen LogP contribution >= 0.6 is 11.8 Å². The molecule has 0 atom stereocenters. The smallest absolute Gasteiger partial charge is 0.341 e. The molecule has 0 radical (unpaired) electrons. The van der Waals surface area contributed by atoms with E-state index in [1.165, 1.54) is 0 Å². The minimum Gasteiger partial charge on any atom is -0.482 e. The van der Waals surface area contributed by atoms with Crippen molar-refractivity contribution in [1.82, 2.24) is 4.90 Å². The second-order valence-electron chi connectivity index (χ2n) is 4.05. The number of carbonyl (C=O) groups excluding carboxylic acids is 1. The number of anilines is 1. The molecule has 2 amide bonds. The SMILES string of the molecule is CSCCN(C)C(=O)Nc1cccc(OCC(=O)O)c1. The van der Waals surface area contributed by atoms with Gasteiger partial charge in [-0.2, -0.15) is 11.8 Å². The lowest BCUT2D eigenvalue weighted by atomic mass is 10.3. The molecule has 0 unspecified atom stereocenters. The Hall–Kier alpha value is -1.89. The predicted octanol–water partition coefficient (Wildman–Crippen LogP) is 1.98. The lowest BCUT2D eigenvalue weighted by Gasteiger charge is -2.17. The van der Waals surface area contributed by atoms with E-state index in [2.05, 4.69) is 5.32 Å². The minimum atomic E-state index is -1.05. The van der Waals surface area contributed by atoms with Crippen LogP contribution in [0.15, 0.2) is 24.3 Å². The van der Waals surface area contributed by atoms with Crippen molar-refractivity contribution in [3.63, 3.8) is 0 Å². The van der Waals surface area contributed by atoms with Gasteiger partial charge in [-0.3, -0.25) is 0 Å². The third-order valence-electron chi connectivity index (χ3n) is 2.43. The summed E-state index contributed by atoms with van der Waals surface area (Å²) in [6.45, 7) is 0.243. The van der Waals surface area contributed by atoms with Crippen LogP contribution < -0.4 is 10.1 Å². The average Bonchev–Trinajstić information content (AvgIpc) is 2.42. The van der Waals surface area contributed by atoms with Gasteiger partial charge < -0.3 is 20.1 Å². The summed E-state index contributed by atoms with van der Waals surface area (Å²) in [4.78, 5) is 23.9. The molecular formula is C13H18N2O4S. The molecule has 0 aliphatic rings. The lowest BCUT2D eigenvalue weighted by Crippen LogP contribution is -2.33. The van der Waals surface area contributed by atoms with Crippen molar-refractivity contribution >= 4 is 29.4 Å². The van der Waals surface area contributed by atoms with Crippen molar-refractivity contribution in [2.45, 2.75) is 0 Å². The molecule has 0 aliphatic carbocycles. The van der Waals surface area contributed by atoms with Gasteiger partial charge in [0.25, 0.3) is 0 Å². The number of hydrogen-bond acceptors (Lipinski definition) is 4. The second kappa shape index (κ2) is 8.31. The number of nitrogens with one attached hydrogen (secondary N) is 1. The summed E-state index contributed by atoms with van der Waals surface area (Å²) in [6.07, 6.45) is 1.98. The third kappa shape index (κ3) is 5.83. The number of carbonyl (C=O) groups is 2. The molecule has 0 fully saturated rings. The van der Waals surface area contributed by atoms with Crippen molar-refractivity contribution < 1.29 is 19.4 Å². The maximum Gasteiger partial charge on any atom is 0.341 e. The second-order valence-corrected chi connectivity index (χ2v) is 5.04. The van der Waals surface area contributed by atoms with Crippen LogP contribution in [-0.4, -0.2) is 54.2 Å². The monoisotopic (exact) mass is 298 g/mol. The zero-order chi connectivity index (χ0) is 15.0. The van der Waals surface area contributed by atoms with Crippen LogP contribution in [0.3, 0.4) is 0 Å². The van der Waals surface area contributed by atoms with Crippen molar-refractivity contribution in [1.29, 1.82) is 0 Å². The molecule has 0 saturated carbocycles. The van der Waals surface area contributed by atoms with Crippen LogP contribution in [0.1, 0.15) is 0 Å². The highest BCUT2D eigenvalue weighted by atomic mass is 32.2. The number of rotatable bonds is 7. The van der Waals surface area contributed by atoms with Gasteiger partial charge in [0.1, 0.15) is 5.75 Å². The molecule has 0 saturated heterocycles. The van der Waals surface area contributed by atoms with Crippen LogP contribution in [0.5, 0.6) is 5.75 Å². The first-order chi connectivity index (χ1) is 9.52. The van der Waals surface area contributed by atoms with E-state index >= 15 is 0 Å². The van der Waals surface area contributed by atoms with Gasteiger partial charge in [-0.15, -0.1) is 0 Å². The molecule has 1 aromatic carbocycles. The molecule has 110 valence electrons. The van der Waals surface area contributed by atoms with Crippen molar-refractivity contribution in [3.05, 3.63) is 24.3 Å². The number of aliphatic carboxylic acids is 1. The number of carboxylic acids is 1. The van der Waals surface area contributed by atoms with E-state index in [0.717, 1.165) is 5.75 Å². The van der Waals surface area contributed by atoms with Crippen molar-refractivity contribution in [3.8, 4) is 5.75 Å². The Kier molecular flexibility index (Phi) is 6.72. The summed E-state index contributed by atoms with van der Waals surface area (Å²) in [5.41, 5.74) is 0.564. The Morgan fingerprint density at radius 1 is 1.45 bits per heavy atom. The highest BCUT2D eigenvalue weighted by molar-refractivity contribution is 7.98. The molecule has 0 aromatic heterocycles. The van der Waals surface area contributed by atoms with Gasteiger partial charge in [0, 0.05) is 31.1 Å². The molecule has 7 heteroatoms. The number of benzene rings is 1. The Labute approximate surface area is 122 Å². The Morgan fingerprint density at radius 2 is 2.20 bits per heavy atom. The molecule has 20 heavy (non-hydrogen) atoms. The predicted molar refractivity (Wildman–Crippen MR) is 79.6 cm³/mol. The number of thioether (sulfide) groups is 1. The fourth-order valence-electron chi connectivity index (χ4n) is 1.36. The lowest BCUT2D eigenvalue weighted by molar-refractivity contribution is -0.139. The van der Waals surface area contributed by atoms with Crippen LogP contribution in [0.4, 0.5) is 10.5 Å². The summed E-state index contributed by atoms with van der Waals surface area (Å²) in [5, 5.41) is 11.3. The molecule has 0 bridgehead atoms. The van der Waals surface area contributed by atoms with E-state index in [1.807, 2.05) is 6.26 Å². The first-order valence-corrected chi connectivity index (χ1v) is 7.38. The molecular weight excluding hydrogens is 280 g/mol. The zero-order valence-corrected chi connectivity index (χ0v) is 12.3. The van der Waals surface area contributed by atoms with Gasteiger partial charge in [0.15, 0.2) is 6.61 Å². The van der Waals surface area contributed by atoms with Gasteiger partial charge in [-0.05, 0) is 18.4 Å². The summed E-state index contributed by atoms with van der Waals surface area (Å²) in [5.74, 6) is 0.222. The Balaban J connectivity index is 2.56. The van der Waals surface area contributed by atoms with E-state index in [9.17, 15) is 9.59 Å². The number of nitrogens with zero attached hydrogens (tertiary/aromatic N) is 1. The summed E-state index contributed by atoms with van der Waals surface area (Å²) < 4.78 is 5.05. The van der Waals surface area contributed by atoms with Crippen LogP contribution in [0.25, 0.3) is 0 Å². The van der Waals surface area contributed by atoms with E-state index < -0.39 is 12.6 Å². The van der Waals surface area contributed by atoms with E-state index in [1.54, 1.807) is 48.0 Å². The molecule has 0 aliphatic heterocycles. The summed E-state index contributed by atoms with van der Waals surface area (Å²) in [7, 11) is 1.72. The first-order valence-electron chi connectivity index (χ1n) is 5.98. The number of ether oxygens (including phenoxy) is 1. The van der Waals surface area contributed by atoms with Gasteiger partial charge >= 0.3 is 12.0 Å². The van der Waals surface area contributed by atoms with Crippen LogP contribution in [0.2, 0.25) is 0 Å². The van der Waals surface area contributed by atoms with Gasteiger partial charge in [-0.1, -0.05) is 6.07 Å². The van der Waals surface area contributed by atoms with Gasteiger partial charge in [-0.25, -0.2) is 9.59 Å². The molecule has 6 nitrogen and oxygen atoms in total. The fraction of sp³-hybridized carbons (Fsp3) is 0.385. The minimum absolute atomic E-state index is 0.213. The molecule has 0 spiro atoms. The topological polar surface area (TPSA) is 78.9 Å². The highest BCUT2D eigenvalue weighted by Gasteiger charge is 2.08. The van der Waals surface area contributed by atoms with E-state index in [-0.39, 0.29) is 6.03 Å². The van der Waals surface area contributed by atoms with Crippen LogP contribution in [0, 0.1) is 0 Å². The number of urea groups is 1. The van der Waals surface area contributed by atoms with Crippen LogP contribution in [-0.2, 0) is 4.79 Å². The van der Waals surface area contributed by atoms with E-state index in [0.29, 0.717) is 18.0 Å². The largest absolute Gasteiger partial charge is 0.482 e. The maximum absolute atomic E-state index is 11.9. The number of amides is 2. The Morgan fingerprint density at radius 3 is 2.85 bits per heavy atom. The Bertz CT molecular complexity index is 467. The first kappa shape index (κ1) is 16.2. The molecule has 1 aromatic rings. The maximum atomic E-state index is 11.9. The van der Waals surface area contributed by atoms with Crippen molar-refractivity contribution in [2.24, 2.45) is 0 Å². The van der Waals surface area contributed by atoms with E-state index in [4.69, 9.17) is 9.84 Å². The fourth-order valence-corrected chi connectivity index (χ4v) is 1.81. The average molecular weight is 298 g/mol. The zero-order valence-electron chi connectivity index (χ0n) is 11.5. The number of carboxylic acid groups (broad SMARTS) is 1. The summed E-state index contributed by atoms with van der Waals surface area (Å²) >= 11 is 1.67. The van der Waals surface area contributed by atoms with Gasteiger partial charge in [0.05, 0.1) is 0 Å². The van der Waals surface area contributed by atoms with Gasteiger partial charge in [0.2, 0.25) is 0 Å². The third-order valence-corrected chi connectivity index (χ3v) is 3.02. The highest BCUT2D eigenvalue weighted by Crippen LogP contribution is 2.17. The molecule has 0 heterocycles. The standard InChI is InChI=1S/C13H18N2O4S/c1-15(6-7-20-2)13(18)14-10-4-3-5-11(8-10)19-9-12(16)17/h3-5,8H,6-7,9H2,1-2H3,(H,14,18)(H,16,17). The number of hydrogen-bond donors (Lipinski definition) is 2. The summed E-state index contributed by atoms with van der Waals surface area (Å²) in [6, 6.07) is 6.41. The molecule has 1 rings (SSSR count). The quantitative estimate of drug-likeness (QED) is 0.804.